The minimum atomic E-state index is -0.0647. The van der Waals surface area contributed by atoms with Crippen LogP contribution in [0.5, 0.6) is 5.75 Å². The number of thiocarbonyl (C=S) groups is 1. The third-order valence-electron chi connectivity index (χ3n) is 6.53. The number of anilines is 2. The molecule has 0 bridgehead atoms. The number of nitrogens with zero attached hydrogens (tertiary/aromatic N) is 2. The second kappa shape index (κ2) is 10.0. The zero-order valence-corrected chi connectivity index (χ0v) is 20.2. The number of carbonyl (C=O) groups excluding carboxylic acids is 1. The molecule has 2 aliphatic rings. The molecule has 0 aliphatic carbocycles. The van der Waals surface area contributed by atoms with Gasteiger partial charge >= 0.3 is 6.03 Å². The van der Waals surface area contributed by atoms with Crippen molar-refractivity contribution in [1.29, 1.82) is 0 Å². The minimum Gasteiger partial charge on any atom is -0.495 e. The van der Waals surface area contributed by atoms with Crippen molar-refractivity contribution in [3.63, 3.8) is 0 Å². The molecule has 2 saturated heterocycles. The van der Waals surface area contributed by atoms with Gasteiger partial charge in [-0.25, -0.2) is 4.79 Å². The van der Waals surface area contributed by atoms with Gasteiger partial charge in [0.25, 0.3) is 0 Å². The topological polar surface area (TPSA) is 56.8 Å². The van der Waals surface area contributed by atoms with E-state index in [0.29, 0.717) is 11.4 Å². The molecule has 6 nitrogen and oxygen atoms in total. The number of piperidine rings is 1. The lowest BCUT2D eigenvalue weighted by atomic mass is 9.78. The van der Waals surface area contributed by atoms with Crippen molar-refractivity contribution in [2.75, 3.05) is 50.2 Å². The van der Waals surface area contributed by atoms with Crippen molar-refractivity contribution in [1.82, 2.24) is 9.80 Å². The number of para-hydroxylation sites is 2. The smallest absolute Gasteiger partial charge is 0.321 e. The molecule has 0 saturated carbocycles. The van der Waals surface area contributed by atoms with Crippen LogP contribution in [0.2, 0.25) is 0 Å². The second-order valence-corrected chi connectivity index (χ2v) is 9.71. The van der Waals surface area contributed by atoms with Crippen molar-refractivity contribution in [2.24, 2.45) is 5.41 Å². The summed E-state index contributed by atoms with van der Waals surface area (Å²) in [5.41, 5.74) is 1.96. The first kappa shape index (κ1) is 22.7. The van der Waals surface area contributed by atoms with Gasteiger partial charge in [0.05, 0.1) is 12.8 Å². The first-order valence-electron chi connectivity index (χ1n) is 10.9. The zero-order chi connectivity index (χ0) is 22.6. The first-order chi connectivity index (χ1) is 15.5. The molecule has 170 valence electrons. The summed E-state index contributed by atoms with van der Waals surface area (Å²) in [5.74, 6) is 0.671. The summed E-state index contributed by atoms with van der Waals surface area (Å²) < 4.78 is 5.34. The number of urea groups is 1. The number of rotatable bonds is 4. The molecule has 2 heterocycles. The molecule has 2 aromatic carbocycles. The molecule has 0 unspecified atom stereocenters. The predicted molar refractivity (Wildman–Crippen MR) is 136 cm³/mol. The maximum atomic E-state index is 12.8. The fraction of sp³-hybridized carbons (Fsp3) is 0.417. The van der Waals surface area contributed by atoms with Gasteiger partial charge in [-0.2, -0.15) is 0 Å². The molecular weight excluding hydrogens is 440 g/mol. The fourth-order valence-electron chi connectivity index (χ4n) is 4.52. The Bertz CT molecular complexity index is 959. The molecule has 4 rings (SSSR count). The number of likely N-dealkylation sites (tertiary alicyclic amines) is 2. The van der Waals surface area contributed by atoms with Crippen molar-refractivity contribution in [3.8, 4) is 5.75 Å². The monoisotopic (exact) mass is 470 g/mol. The van der Waals surface area contributed by atoms with Crippen LogP contribution in [-0.2, 0) is 0 Å². The number of carbonyl (C=O) groups is 1. The van der Waals surface area contributed by atoms with E-state index in [1.807, 2.05) is 29.2 Å². The third-order valence-corrected chi connectivity index (χ3v) is 7.63. The first-order valence-corrected chi connectivity index (χ1v) is 12.5. The van der Waals surface area contributed by atoms with Crippen molar-refractivity contribution in [3.05, 3.63) is 48.5 Å². The van der Waals surface area contributed by atoms with Gasteiger partial charge in [-0.1, -0.05) is 12.1 Å². The average Bonchev–Trinajstić information content (AvgIpc) is 3.24. The van der Waals surface area contributed by atoms with E-state index in [4.69, 9.17) is 17.0 Å². The number of hydrogen-bond acceptors (Lipinski definition) is 4. The molecule has 1 spiro atoms. The maximum absolute atomic E-state index is 12.8. The number of ether oxygens (including phenoxy) is 1. The fourth-order valence-corrected chi connectivity index (χ4v) is 5.20. The van der Waals surface area contributed by atoms with Crippen molar-refractivity contribution >= 4 is 46.5 Å². The lowest BCUT2D eigenvalue weighted by Crippen LogP contribution is -2.46. The van der Waals surface area contributed by atoms with Crippen LogP contribution < -0.4 is 15.4 Å². The van der Waals surface area contributed by atoms with Gasteiger partial charge < -0.3 is 25.2 Å². The Morgan fingerprint density at radius 2 is 1.66 bits per heavy atom. The largest absolute Gasteiger partial charge is 0.495 e. The highest BCUT2D eigenvalue weighted by Crippen LogP contribution is 2.40. The number of methoxy groups -OCH3 is 1. The highest BCUT2D eigenvalue weighted by molar-refractivity contribution is 7.98. The summed E-state index contributed by atoms with van der Waals surface area (Å²) in [5, 5.41) is 7.16. The van der Waals surface area contributed by atoms with Gasteiger partial charge in [-0.05, 0) is 79.5 Å². The molecule has 8 heteroatoms. The van der Waals surface area contributed by atoms with Crippen molar-refractivity contribution < 1.29 is 9.53 Å². The van der Waals surface area contributed by atoms with Crippen LogP contribution in [0, 0.1) is 5.41 Å². The number of amides is 2. The Balaban J connectivity index is 1.28. The molecule has 2 N–H and O–H groups in total. The molecule has 32 heavy (non-hydrogen) atoms. The average molecular weight is 471 g/mol. The SMILES string of the molecule is COc1ccccc1NC(=O)N1CCC2(CC1)CCN(C(=S)Nc1ccc(SC)cc1)C2. The summed E-state index contributed by atoms with van der Waals surface area (Å²) >= 11 is 7.42. The van der Waals surface area contributed by atoms with Gasteiger partial charge in [0.1, 0.15) is 5.75 Å². The standard InChI is InChI=1S/C24H30N4O2S2/c1-30-21-6-4-3-5-20(21)26-22(29)27-14-11-24(12-15-27)13-16-28(17-24)23(31)25-18-7-9-19(32-2)10-8-18/h3-10H,11-17H2,1-2H3,(H,25,31)(H,26,29). The summed E-state index contributed by atoms with van der Waals surface area (Å²) in [7, 11) is 1.61. The van der Waals surface area contributed by atoms with Gasteiger partial charge in [-0.3, -0.25) is 0 Å². The molecule has 2 amide bonds. The second-order valence-electron chi connectivity index (χ2n) is 8.45. The summed E-state index contributed by atoms with van der Waals surface area (Å²) in [4.78, 5) is 18.2. The van der Waals surface area contributed by atoms with Crippen LogP contribution in [0.3, 0.4) is 0 Å². The Kier molecular flexibility index (Phi) is 7.10. The van der Waals surface area contributed by atoms with Crippen LogP contribution >= 0.6 is 24.0 Å². The van der Waals surface area contributed by atoms with Gasteiger partial charge in [0.15, 0.2) is 5.11 Å². The van der Waals surface area contributed by atoms with E-state index >= 15 is 0 Å². The van der Waals surface area contributed by atoms with E-state index in [1.165, 1.54) is 4.90 Å². The molecular formula is C24H30N4O2S2. The molecule has 0 radical (unpaired) electrons. The van der Waals surface area contributed by atoms with Gasteiger partial charge in [0, 0.05) is 36.8 Å². The highest BCUT2D eigenvalue weighted by Gasteiger charge is 2.42. The molecule has 2 aromatic rings. The molecule has 2 fully saturated rings. The number of thioether (sulfide) groups is 1. The lowest BCUT2D eigenvalue weighted by molar-refractivity contribution is 0.132. The molecule has 0 aromatic heterocycles. The molecule has 0 atom stereocenters. The maximum Gasteiger partial charge on any atom is 0.321 e. The van der Waals surface area contributed by atoms with E-state index in [1.54, 1.807) is 18.9 Å². The van der Waals surface area contributed by atoms with Crippen LogP contribution in [0.25, 0.3) is 0 Å². The quantitative estimate of drug-likeness (QED) is 0.477. The van der Waals surface area contributed by atoms with Gasteiger partial charge in [-0.15, -0.1) is 11.8 Å². The third kappa shape index (κ3) is 5.13. The summed E-state index contributed by atoms with van der Waals surface area (Å²) in [6, 6.07) is 15.8. The minimum absolute atomic E-state index is 0.0647. The van der Waals surface area contributed by atoms with E-state index < -0.39 is 0 Å². The van der Waals surface area contributed by atoms with Crippen LogP contribution in [-0.4, -0.2) is 60.5 Å². The number of benzene rings is 2. The summed E-state index contributed by atoms with van der Waals surface area (Å²) in [6.45, 7) is 3.42. The van der Waals surface area contributed by atoms with E-state index in [0.717, 1.165) is 56.2 Å². The van der Waals surface area contributed by atoms with E-state index in [-0.39, 0.29) is 11.4 Å². The lowest BCUT2D eigenvalue weighted by Gasteiger charge is -2.39. The highest BCUT2D eigenvalue weighted by atomic mass is 32.2. The Labute approximate surface area is 199 Å². The Morgan fingerprint density at radius 1 is 1.00 bits per heavy atom. The molecule has 2 aliphatic heterocycles. The number of nitrogens with one attached hydrogen (secondary N) is 2. The normalized spacial score (nSPS) is 17.3. The van der Waals surface area contributed by atoms with E-state index in [2.05, 4.69) is 46.1 Å². The predicted octanol–water partition coefficient (Wildman–Crippen LogP) is 5.13. The Hall–Kier alpha value is -2.45. The number of hydrogen-bond donors (Lipinski definition) is 2. The zero-order valence-electron chi connectivity index (χ0n) is 18.6. The van der Waals surface area contributed by atoms with Crippen LogP contribution in [0.4, 0.5) is 16.2 Å². The van der Waals surface area contributed by atoms with E-state index in [9.17, 15) is 4.79 Å². The van der Waals surface area contributed by atoms with Crippen molar-refractivity contribution in [2.45, 2.75) is 24.2 Å². The Morgan fingerprint density at radius 3 is 2.31 bits per heavy atom. The van der Waals surface area contributed by atoms with Gasteiger partial charge in [0.2, 0.25) is 0 Å². The summed E-state index contributed by atoms with van der Waals surface area (Å²) in [6.07, 6.45) is 5.17. The van der Waals surface area contributed by atoms with Crippen LogP contribution in [0.1, 0.15) is 19.3 Å². The van der Waals surface area contributed by atoms with Crippen LogP contribution in [0.15, 0.2) is 53.4 Å².